The van der Waals surface area contributed by atoms with Gasteiger partial charge in [-0.3, -0.25) is 4.79 Å². The van der Waals surface area contributed by atoms with E-state index < -0.39 is 21.9 Å². The SMILES string of the molecule is Cc1ccc(S(=O)(=O)N2C[C@@H](C)[C@H](C(=O)O)C2)cc1Cl. The van der Waals surface area contributed by atoms with Gasteiger partial charge in [0.05, 0.1) is 10.8 Å². The molecular formula is C13H16ClNO4S. The van der Waals surface area contributed by atoms with Crippen molar-refractivity contribution in [2.24, 2.45) is 11.8 Å². The molecule has 0 bridgehead atoms. The molecule has 0 aromatic heterocycles. The molecule has 1 aromatic carbocycles. The highest BCUT2D eigenvalue weighted by molar-refractivity contribution is 7.89. The van der Waals surface area contributed by atoms with Crippen molar-refractivity contribution >= 4 is 27.6 Å². The largest absolute Gasteiger partial charge is 0.481 e. The number of halogens is 1. The first-order chi connectivity index (χ1) is 9.23. The van der Waals surface area contributed by atoms with Gasteiger partial charge in [0.1, 0.15) is 0 Å². The Bertz CT molecular complexity index is 644. The van der Waals surface area contributed by atoms with E-state index in [4.69, 9.17) is 16.7 Å². The van der Waals surface area contributed by atoms with Gasteiger partial charge in [-0.25, -0.2) is 8.42 Å². The number of aliphatic carboxylic acids is 1. The van der Waals surface area contributed by atoms with Gasteiger partial charge in [0.25, 0.3) is 0 Å². The minimum absolute atomic E-state index is 0.00429. The van der Waals surface area contributed by atoms with Gasteiger partial charge in [0, 0.05) is 18.1 Å². The van der Waals surface area contributed by atoms with Crippen molar-refractivity contribution in [1.29, 1.82) is 0 Å². The van der Waals surface area contributed by atoms with Crippen LogP contribution in [0, 0.1) is 18.8 Å². The highest BCUT2D eigenvalue weighted by Gasteiger charge is 2.40. The first-order valence-corrected chi connectivity index (χ1v) is 8.04. The molecule has 1 aromatic rings. The summed E-state index contributed by atoms with van der Waals surface area (Å²) in [6.07, 6.45) is 0. The molecule has 5 nitrogen and oxygen atoms in total. The second-order valence-electron chi connectivity index (χ2n) is 5.16. The average Bonchev–Trinajstić information content (AvgIpc) is 2.75. The minimum Gasteiger partial charge on any atom is -0.481 e. The third-order valence-corrected chi connectivity index (χ3v) is 5.91. The molecule has 1 aliphatic rings. The van der Waals surface area contributed by atoms with Crippen molar-refractivity contribution in [2.45, 2.75) is 18.7 Å². The lowest BCUT2D eigenvalue weighted by Gasteiger charge is -2.16. The Hall–Kier alpha value is -1.11. The molecule has 1 saturated heterocycles. The van der Waals surface area contributed by atoms with Crippen molar-refractivity contribution in [2.75, 3.05) is 13.1 Å². The number of hydrogen-bond donors (Lipinski definition) is 1. The number of carboxylic acids is 1. The molecule has 2 rings (SSSR count). The summed E-state index contributed by atoms with van der Waals surface area (Å²) in [5.41, 5.74) is 0.795. The zero-order chi connectivity index (χ0) is 15.1. The van der Waals surface area contributed by atoms with Gasteiger partial charge in [-0.15, -0.1) is 0 Å². The molecule has 0 saturated carbocycles. The average molecular weight is 318 g/mol. The van der Waals surface area contributed by atoms with Crippen molar-refractivity contribution in [1.82, 2.24) is 4.31 Å². The van der Waals surface area contributed by atoms with E-state index in [0.717, 1.165) is 5.56 Å². The summed E-state index contributed by atoms with van der Waals surface area (Å²) in [6.45, 7) is 3.75. The van der Waals surface area contributed by atoms with Gasteiger partial charge in [0.15, 0.2) is 0 Å². The lowest BCUT2D eigenvalue weighted by atomic mass is 9.99. The number of nitrogens with zero attached hydrogens (tertiary/aromatic N) is 1. The van der Waals surface area contributed by atoms with Crippen LogP contribution in [0.5, 0.6) is 0 Å². The van der Waals surface area contributed by atoms with Gasteiger partial charge in [-0.2, -0.15) is 4.31 Å². The first-order valence-electron chi connectivity index (χ1n) is 6.22. The third kappa shape index (κ3) is 2.68. The van der Waals surface area contributed by atoms with E-state index in [0.29, 0.717) is 5.02 Å². The molecule has 0 amide bonds. The third-order valence-electron chi connectivity index (χ3n) is 3.68. The highest BCUT2D eigenvalue weighted by Crippen LogP contribution is 2.30. The molecule has 0 radical (unpaired) electrons. The normalized spacial score (nSPS) is 23.9. The predicted molar refractivity (Wildman–Crippen MR) is 75.2 cm³/mol. The van der Waals surface area contributed by atoms with E-state index in [2.05, 4.69) is 0 Å². The number of rotatable bonds is 3. The van der Waals surface area contributed by atoms with Crippen LogP contribution < -0.4 is 0 Å². The van der Waals surface area contributed by atoms with Crippen LogP contribution in [0.3, 0.4) is 0 Å². The smallest absolute Gasteiger partial charge is 0.308 e. The summed E-state index contributed by atoms with van der Waals surface area (Å²) in [5, 5.41) is 9.46. The van der Waals surface area contributed by atoms with Crippen LogP contribution >= 0.6 is 11.6 Å². The van der Waals surface area contributed by atoms with Crippen molar-refractivity contribution < 1.29 is 18.3 Å². The van der Waals surface area contributed by atoms with Crippen molar-refractivity contribution in [3.63, 3.8) is 0 Å². The van der Waals surface area contributed by atoms with Gasteiger partial charge in [0.2, 0.25) is 10.0 Å². The van der Waals surface area contributed by atoms with E-state index in [1.165, 1.54) is 16.4 Å². The topological polar surface area (TPSA) is 74.7 Å². The molecule has 2 atom stereocenters. The van der Waals surface area contributed by atoms with Crippen molar-refractivity contribution in [3.8, 4) is 0 Å². The van der Waals surface area contributed by atoms with Crippen LogP contribution in [0.2, 0.25) is 5.02 Å². The molecule has 110 valence electrons. The first kappa shape index (κ1) is 15.3. The molecule has 1 fully saturated rings. The summed E-state index contributed by atoms with van der Waals surface area (Å²) in [4.78, 5) is 11.2. The lowest BCUT2D eigenvalue weighted by Crippen LogP contribution is -2.30. The van der Waals surface area contributed by atoms with Gasteiger partial charge in [-0.1, -0.05) is 24.6 Å². The van der Waals surface area contributed by atoms with Crippen LogP contribution in [0.15, 0.2) is 23.1 Å². The van der Waals surface area contributed by atoms with Gasteiger partial charge in [-0.05, 0) is 30.5 Å². The van der Waals surface area contributed by atoms with E-state index in [1.807, 2.05) is 0 Å². The van der Waals surface area contributed by atoms with E-state index in [-0.39, 0.29) is 23.9 Å². The number of carbonyl (C=O) groups is 1. The van der Waals surface area contributed by atoms with Gasteiger partial charge >= 0.3 is 5.97 Å². The van der Waals surface area contributed by atoms with Crippen LogP contribution in [-0.4, -0.2) is 36.9 Å². The summed E-state index contributed by atoms with van der Waals surface area (Å²) in [5.74, 6) is -1.83. The van der Waals surface area contributed by atoms with Crippen molar-refractivity contribution in [3.05, 3.63) is 28.8 Å². The Morgan fingerprint density at radius 2 is 2.05 bits per heavy atom. The number of hydrogen-bond acceptors (Lipinski definition) is 3. The highest BCUT2D eigenvalue weighted by atomic mass is 35.5. The molecule has 0 spiro atoms. The quantitative estimate of drug-likeness (QED) is 0.925. The monoisotopic (exact) mass is 317 g/mol. The van der Waals surface area contributed by atoms with Crippen LogP contribution in [0.4, 0.5) is 0 Å². The zero-order valence-corrected chi connectivity index (χ0v) is 12.8. The maximum absolute atomic E-state index is 12.5. The molecule has 0 aliphatic carbocycles. The van der Waals surface area contributed by atoms with E-state index in [1.54, 1.807) is 19.9 Å². The minimum atomic E-state index is -3.69. The fourth-order valence-electron chi connectivity index (χ4n) is 2.32. The number of sulfonamides is 1. The fraction of sp³-hybridized carbons (Fsp3) is 0.462. The summed E-state index contributed by atoms with van der Waals surface area (Å²) in [6, 6.07) is 4.55. The summed E-state index contributed by atoms with van der Waals surface area (Å²) < 4.78 is 26.2. The summed E-state index contributed by atoms with van der Waals surface area (Å²) in [7, 11) is -3.69. The van der Waals surface area contributed by atoms with Gasteiger partial charge < -0.3 is 5.11 Å². The standard InChI is InChI=1S/C13H16ClNO4S/c1-8-3-4-10(5-12(8)14)20(18,19)15-6-9(2)11(7-15)13(16)17/h3-5,9,11H,6-7H2,1-2H3,(H,16,17)/t9-,11-/m1/s1. The Labute approximate surface area is 123 Å². The molecule has 20 heavy (non-hydrogen) atoms. The number of benzene rings is 1. The molecule has 1 N–H and O–H groups in total. The lowest BCUT2D eigenvalue weighted by molar-refractivity contribution is -0.142. The second-order valence-corrected chi connectivity index (χ2v) is 7.50. The Morgan fingerprint density at radius 3 is 2.55 bits per heavy atom. The summed E-state index contributed by atoms with van der Waals surface area (Å²) >= 11 is 5.96. The number of aryl methyl sites for hydroxylation is 1. The number of carboxylic acid groups (broad SMARTS) is 1. The second kappa shape index (κ2) is 5.35. The molecular weight excluding hydrogens is 302 g/mol. The molecule has 1 heterocycles. The fourth-order valence-corrected chi connectivity index (χ4v) is 4.16. The van der Waals surface area contributed by atoms with E-state index >= 15 is 0 Å². The zero-order valence-electron chi connectivity index (χ0n) is 11.2. The van der Waals surface area contributed by atoms with E-state index in [9.17, 15) is 13.2 Å². The van der Waals surface area contributed by atoms with Crippen LogP contribution in [0.1, 0.15) is 12.5 Å². The molecule has 7 heteroatoms. The Balaban J connectivity index is 2.32. The van der Waals surface area contributed by atoms with Crippen LogP contribution in [-0.2, 0) is 14.8 Å². The predicted octanol–water partition coefficient (Wildman–Crippen LogP) is 1.99. The maximum atomic E-state index is 12.5. The Morgan fingerprint density at radius 1 is 1.40 bits per heavy atom. The van der Waals surface area contributed by atoms with Crippen LogP contribution in [0.25, 0.3) is 0 Å². The molecule has 1 aliphatic heterocycles. The molecule has 0 unspecified atom stereocenters. The maximum Gasteiger partial charge on any atom is 0.308 e. The Kier molecular flexibility index (Phi) is 4.09.